The average molecular weight is 475 g/mol. The van der Waals surface area contributed by atoms with Crippen molar-refractivity contribution in [2.75, 3.05) is 17.7 Å². The molecular weight excluding hydrogens is 456 g/mol. The van der Waals surface area contributed by atoms with Gasteiger partial charge in [0.1, 0.15) is 0 Å². The highest BCUT2D eigenvalue weighted by Crippen LogP contribution is 2.21. The van der Waals surface area contributed by atoms with E-state index in [1.165, 1.54) is 11.8 Å². The molecule has 1 aromatic carbocycles. The molecule has 0 bridgehead atoms. The molecule has 29 heavy (non-hydrogen) atoms. The minimum atomic E-state index is -0.170. The Bertz CT molecular complexity index is 1080. The summed E-state index contributed by atoms with van der Waals surface area (Å²) in [6.07, 6.45) is 3.49. The van der Waals surface area contributed by atoms with Gasteiger partial charge in [-0.1, -0.05) is 27.7 Å². The van der Waals surface area contributed by atoms with E-state index in [0.717, 1.165) is 17.3 Å². The van der Waals surface area contributed by atoms with Crippen LogP contribution >= 0.6 is 27.7 Å². The normalized spacial score (nSPS) is 16.2. The van der Waals surface area contributed by atoms with Crippen LogP contribution < -0.4 is 10.9 Å². The van der Waals surface area contributed by atoms with Crippen molar-refractivity contribution in [1.82, 2.24) is 14.5 Å². The summed E-state index contributed by atoms with van der Waals surface area (Å²) in [5.41, 5.74) is 0.940. The molecule has 1 fully saturated rings. The molecule has 150 valence electrons. The number of fused-ring (bicyclic) bond motifs is 1. The standard InChI is InChI=1S/C20H19BrN4O3S/c21-13-5-7-14(8-6-13)23-17(26)12-29-20-24-18-16(4-1-9-22-18)19(27)25(20)11-15-3-2-10-28-15/h1,4-9,15H,2-3,10-12H2,(H,23,26). The zero-order valence-electron chi connectivity index (χ0n) is 15.5. The number of carbonyl (C=O) groups excluding carboxylic acids is 1. The number of hydrogen-bond donors (Lipinski definition) is 1. The van der Waals surface area contributed by atoms with E-state index in [9.17, 15) is 9.59 Å². The molecule has 1 atom stereocenters. The van der Waals surface area contributed by atoms with E-state index >= 15 is 0 Å². The van der Waals surface area contributed by atoms with E-state index in [2.05, 4.69) is 31.2 Å². The van der Waals surface area contributed by atoms with E-state index in [4.69, 9.17) is 4.74 Å². The summed E-state index contributed by atoms with van der Waals surface area (Å²) >= 11 is 4.59. The molecule has 2 aromatic heterocycles. The smallest absolute Gasteiger partial charge is 0.263 e. The van der Waals surface area contributed by atoms with Crippen LogP contribution in [0.15, 0.2) is 57.0 Å². The van der Waals surface area contributed by atoms with Gasteiger partial charge in [0.15, 0.2) is 10.8 Å². The Kier molecular flexibility index (Phi) is 6.27. The van der Waals surface area contributed by atoms with Crippen LogP contribution in [0.25, 0.3) is 11.0 Å². The van der Waals surface area contributed by atoms with Crippen LogP contribution in [0.1, 0.15) is 12.8 Å². The lowest BCUT2D eigenvalue weighted by molar-refractivity contribution is -0.113. The third-order valence-electron chi connectivity index (χ3n) is 4.57. The third kappa shape index (κ3) is 4.85. The summed E-state index contributed by atoms with van der Waals surface area (Å²) in [4.78, 5) is 34.1. The van der Waals surface area contributed by atoms with Crippen molar-refractivity contribution in [1.29, 1.82) is 0 Å². The van der Waals surface area contributed by atoms with Gasteiger partial charge in [-0.15, -0.1) is 0 Å². The van der Waals surface area contributed by atoms with E-state index in [1.807, 2.05) is 24.3 Å². The maximum absolute atomic E-state index is 13.0. The Morgan fingerprint density at radius 1 is 1.31 bits per heavy atom. The van der Waals surface area contributed by atoms with Crippen LogP contribution in [0.4, 0.5) is 5.69 Å². The summed E-state index contributed by atoms with van der Waals surface area (Å²) in [6, 6.07) is 10.8. The second kappa shape index (κ2) is 9.06. The van der Waals surface area contributed by atoms with E-state index in [-0.39, 0.29) is 23.3 Å². The lowest BCUT2D eigenvalue weighted by Gasteiger charge is -2.16. The van der Waals surface area contributed by atoms with Gasteiger partial charge in [-0.2, -0.15) is 0 Å². The number of hydrogen-bond acceptors (Lipinski definition) is 6. The molecule has 3 aromatic rings. The molecule has 1 aliphatic rings. The molecule has 1 amide bonds. The van der Waals surface area contributed by atoms with E-state index in [0.29, 0.717) is 35.0 Å². The fourth-order valence-electron chi connectivity index (χ4n) is 3.16. The van der Waals surface area contributed by atoms with E-state index in [1.54, 1.807) is 22.9 Å². The number of carbonyl (C=O) groups is 1. The SMILES string of the molecule is O=C(CSc1nc2ncccc2c(=O)n1CC1CCCO1)Nc1ccc(Br)cc1. The van der Waals surface area contributed by atoms with Crippen LogP contribution in [0.2, 0.25) is 0 Å². The Labute approximate surface area is 180 Å². The van der Waals surface area contributed by atoms with Gasteiger partial charge in [-0.05, 0) is 49.2 Å². The third-order valence-corrected chi connectivity index (χ3v) is 6.07. The number of anilines is 1. The molecule has 9 heteroatoms. The van der Waals surface area contributed by atoms with E-state index < -0.39 is 0 Å². The molecule has 0 spiro atoms. The molecule has 1 saturated heterocycles. The zero-order chi connectivity index (χ0) is 20.2. The largest absolute Gasteiger partial charge is 0.376 e. The van der Waals surface area contributed by atoms with Crippen molar-refractivity contribution in [3.8, 4) is 0 Å². The summed E-state index contributed by atoms with van der Waals surface area (Å²) in [5.74, 6) is -0.0387. The predicted molar refractivity (Wildman–Crippen MR) is 116 cm³/mol. The van der Waals surface area contributed by atoms with Crippen molar-refractivity contribution >= 4 is 50.3 Å². The lowest BCUT2D eigenvalue weighted by Crippen LogP contribution is -2.29. The number of nitrogens with one attached hydrogen (secondary N) is 1. The second-order valence-corrected chi connectivity index (χ2v) is 8.52. The number of benzene rings is 1. The van der Waals surface area contributed by atoms with Crippen molar-refractivity contribution in [3.05, 3.63) is 57.4 Å². The Morgan fingerprint density at radius 2 is 2.14 bits per heavy atom. The highest BCUT2D eigenvalue weighted by molar-refractivity contribution is 9.10. The van der Waals surface area contributed by atoms with Crippen molar-refractivity contribution in [3.63, 3.8) is 0 Å². The molecular formula is C20H19BrN4O3S. The predicted octanol–water partition coefficient (Wildman–Crippen LogP) is 3.46. The zero-order valence-corrected chi connectivity index (χ0v) is 17.9. The summed E-state index contributed by atoms with van der Waals surface area (Å²) in [7, 11) is 0. The van der Waals surface area contributed by atoms with Crippen molar-refractivity contribution < 1.29 is 9.53 Å². The number of thioether (sulfide) groups is 1. The number of ether oxygens (including phenoxy) is 1. The molecule has 3 heterocycles. The highest BCUT2D eigenvalue weighted by Gasteiger charge is 2.21. The molecule has 1 unspecified atom stereocenters. The monoisotopic (exact) mass is 474 g/mol. The first-order valence-corrected chi connectivity index (χ1v) is 11.0. The Balaban J connectivity index is 1.55. The maximum atomic E-state index is 13.0. The summed E-state index contributed by atoms with van der Waals surface area (Å²) in [5, 5.41) is 3.79. The van der Waals surface area contributed by atoms with Gasteiger partial charge in [0, 0.05) is 23.0 Å². The van der Waals surface area contributed by atoms with Crippen molar-refractivity contribution in [2.24, 2.45) is 0 Å². The van der Waals surface area contributed by atoms with Crippen LogP contribution in [-0.2, 0) is 16.1 Å². The fraction of sp³-hybridized carbons (Fsp3) is 0.300. The van der Waals surface area contributed by atoms with Gasteiger partial charge in [0.05, 0.1) is 23.8 Å². The van der Waals surface area contributed by atoms with Gasteiger partial charge in [-0.3, -0.25) is 14.2 Å². The number of rotatable bonds is 6. The molecule has 0 aliphatic carbocycles. The number of halogens is 1. The summed E-state index contributed by atoms with van der Waals surface area (Å²) < 4.78 is 8.25. The van der Waals surface area contributed by atoms with Gasteiger partial charge in [0.2, 0.25) is 5.91 Å². The molecule has 1 aliphatic heterocycles. The Hall–Kier alpha value is -2.23. The number of amides is 1. The highest BCUT2D eigenvalue weighted by atomic mass is 79.9. The topological polar surface area (TPSA) is 86.1 Å². The first kappa shape index (κ1) is 20.1. The number of pyridine rings is 1. The molecule has 4 rings (SSSR count). The molecule has 7 nitrogen and oxygen atoms in total. The maximum Gasteiger partial charge on any atom is 0.263 e. The minimum Gasteiger partial charge on any atom is -0.376 e. The van der Waals surface area contributed by atoms with Crippen LogP contribution in [-0.4, -0.2) is 38.9 Å². The minimum absolute atomic E-state index is 0.0143. The number of aromatic nitrogens is 3. The van der Waals surface area contributed by atoms with Crippen molar-refractivity contribution in [2.45, 2.75) is 30.6 Å². The summed E-state index contributed by atoms with van der Waals surface area (Å²) in [6.45, 7) is 1.13. The molecule has 1 N–H and O–H groups in total. The first-order chi connectivity index (χ1) is 14.1. The second-order valence-electron chi connectivity index (χ2n) is 6.66. The van der Waals surface area contributed by atoms with Crippen LogP contribution in [0.3, 0.4) is 0 Å². The Morgan fingerprint density at radius 3 is 2.90 bits per heavy atom. The number of nitrogens with zero attached hydrogens (tertiary/aromatic N) is 3. The van der Waals surface area contributed by atoms with Gasteiger partial charge < -0.3 is 10.1 Å². The van der Waals surface area contributed by atoms with Gasteiger partial charge in [-0.25, -0.2) is 9.97 Å². The average Bonchev–Trinajstić information content (AvgIpc) is 3.24. The van der Waals surface area contributed by atoms with Gasteiger partial charge in [0.25, 0.3) is 5.56 Å². The van der Waals surface area contributed by atoms with Crippen LogP contribution in [0, 0.1) is 0 Å². The quantitative estimate of drug-likeness (QED) is 0.434. The first-order valence-electron chi connectivity index (χ1n) is 9.25. The lowest BCUT2D eigenvalue weighted by atomic mass is 10.2. The fourth-order valence-corrected chi connectivity index (χ4v) is 4.22. The molecule has 0 radical (unpaired) electrons. The molecule has 0 saturated carbocycles. The van der Waals surface area contributed by atoms with Gasteiger partial charge >= 0.3 is 0 Å². The van der Waals surface area contributed by atoms with Crippen LogP contribution in [0.5, 0.6) is 0 Å².